The number of carbonyl (C=O) groups excluding carboxylic acids is 1. The van der Waals surface area contributed by atoms with Gasteiger partial charge in [0.2, 0.25) is 5.91 Å². The third-order valence-electron chi connectivity index (χ3n) is 2.36. The maximum atomic E-state index is 10.6. The van der Waals surface area contributed by atoms with Crippen molar-refractivity contribution < 1.29 is 4.79 Å². The quantitative estimate of drug-likeness (QED) is 0.781. The molecule has 90 valence electrons. The van der Waals surface area contributed by atoms with Crippen LogP contribution in [0.1, 0.15) is 12.5 Å². The van der Waals surface area contributed by atoms with Gasteiger partial charge in [-0.15, -0.1) is 0 Å². The predicted molar refractivity (Wildman–Crippen MR) is 69.6 cm³/mol. The van der Waals surface area contributed by atoms with Crippen LogP contribution in [0.25, 0.3) is 11.3 Å². The molecule has 0 aliphatic heterocycles. The second-order valence-electron chi connectivity index (χ2n) is 3.76. The van der Waals surface area contributed by atoms with Gasteiger partial charge in [0.25, 0.3) is 0 Å². The Morgan fingerprint density at radius 1 is 1.33 bits per heavy atom. The highest BCUT2D eigenvalue weighted by molar-refractivity contribution is 5.73. The summed E-state index contributed by atoms with van der Waals surface area (Å²) in [7, 11) is 0. The van der Waals surface area contributed by atoms with Crippen molar-refractivity contribution in [1.29, 1.82) is 0 Å². The van der Waals surface area contributed by atoms with Crippen LogP contribution in [-0.4, -0.2) is 22.6 Å². The monoisotopic (exact) mass is 239 g/mol. The largest absolute Gasteiger partial charge is 0.345 e. The number of nitrogens with one attached hydrogen (secondary N) is 2. The molecular formula is C14H13N3O. The molecule has 0 aliphatic carbocycles. The number of aromatic amines is 1. The summed E-state index contributed by atoms with van der Waals surface area (Å²) in [5, 5.41) is 9.43. The average molecular weight is 239 g/mol. The van der Waals surface area contributed by atoms with E-state index in [0.29, 0.717) is 6.54 Å². The van der Waals surface area contributed by atoms with Crippen LogP contribution in [0.5, 0.6) is 0 Å². The van der Waals surface area contributed by atoms with Crippen molar-refractivity contribution in [3.8, 4) is 23.1 Å². The number of hydrogen-bond acceptors (Lipinski definition) is 2. The fraction of sp³-hybridized carbons (Fsp3) is 0.143. The molecule has 0 saturated carbocycles. The number of carbonyl (C=O) groups is 1. The highest BCUT2D eigenvalue weighted by Crippen LogP contribution is 2.15. The lowest BCUT2D eigenvalue weighted by atomic mass is 10.1. The van der Waals surface area contributed by atoms with E-state index in [1.165, 1.54) is 6.92 Å². The molecule has 1 aromatic heterocycles. The molecule has 0 atom stereocenters. The first kappa shape index (κ1) is 11.9. The molecule has 0 aliphatic rings. The van der Waals surface area contributed by atoms with E-state index in [2.05, 4.69) is 27.4 Å². The molecule has 0 bridgehead atoms. The Morgan fingerprint density at radius 3 is 2.72 bits per heavy atom. The van der Waals surface area contributed by atoms with Gasteiger partial charge in [-0.2, -0.15) is 5.10 Å². The standard InChI is InChI=1S/C14H13N3O/c1-11(18)15-9-2-3-12-4-6-13(7-5-12)14-8-10-16-17-14/h4-8,10H,9H2,1H3,(H,15,18)(H,16,17). The molecule has 18 heavy (non-hydrogen) atoms. The Labute approximate surface area is 105 Å². The van der Waals surface area contributed by atoms with Gasteiger partial charge in [0, 0.05) is 18.7 Å². The molecule has 4 nitrogen and oxygen atoms in total. The minimum Gasteiger partial charge on any atom is -0.345 e. The smallest absolute Gasteiger partial charge is 0.217 e. The summed E-state index contributed by atoms with van der Waals surface area (Å²) < 4.78 is 0. The van der Waals surface area contributed by atoms with Crippen molar-refractivity contribution in [3.05, 3.63) is 42.1 Å². The molecule has 0 spiro atoms. The number of benzene rings is 1. The molecule has 0 radical (unpaired) electrons. The molecule has 4 heteroatoms. The van der Waals surface area contributed by atoms with Gasteiger partial charge in [-0.3, -0.25) is 9.89 Å². The summed E-state index contributed by atoms with van der Waals surface area (Å²) in [5.41, 5.74) is 2.97. The first-order chi connectivity index (χ1) is 8.75. The van der Waals surface area contributed by atoms with Gasteiger partial charge in [-0.1, -0.05) is 24.0 Å². The molecule has 2 rings (SSSR count). The lowest BCUT2D eigenvalue weighted by Gasteiger charge is -1.97. The molecule has 2 aromatic rings. The first-order valence-corrected chi connectivity index (χ1v) is 5.59. The zero-order valence-electron chi connectivity index (χ0n) is 10.0. The highest BCUT2D eigenvalue weighted by atomic mass is 16.1. The number of amides is 1. The van der Waals surface area contributed by atoms with Gasteiger partial charge in [0.1, 0.15) is 0 Å². The summed E-state index contributed by atoms with van der Waals surface area (Å²) in [6.45, 7) is 1.85. The van der Waals surface area contributed by atoms with Crippen LogP contribution in [0.15, 0.2) is 36.5 Å². The van der Waals surface area contributed by atoms with E-state index in [1.54, 1.807) is 6.20 Å². The van der Waals surface area contributed by atoms with Crippen molar-refractivity contribution in [2.75, 3.05) is 6.54 Å². The van der Waals surface area contributed by atoms with Crippen LogP contribution < -0.4 is 5.32 Å². The molecule has 0 saturated heterocycles. The Kier molecular flexibility index (Phi) is 3.77. The first-order valence-electron chi connectivity index (χ1n) is 5.59. The summed E-state index contributed by atoms with van der Waals surface area (Å²) in [6.07, 6.45) is 1.72. The fourth-order valence-electron chi connectivity index (χ4n) is 1.46. The predicted octanol–water partition coefficient (Wildman–Crippen LogP) is 1.56. The van der Waals surface area contributed by atoms with Crippen molar-refractivity contribution in [2.24, 2.45) is 0 Å². The van der Waals surface area contributed by atoms with Crippen LogP contribution in [-0.2, 0) is 4.79 Å². The number of aromatic nitrogens is 2. The number of hydrogen-bond donors (Lipinski definition) is 2. The van der Waals surface area contributed by atoms with E-state index >= 15 is 0 Å². The minimum atomic E-state index is -0.0705. The van der Waals surface area contributed by atoms with Crippen LogP contribution >= 0.6 is 0 Å². The third kappa shape index (κ3) is 3.22. The zero-order valence-corrected chi connectivity index (χ0v) is 10.0. The summed E-state index contributed by atoms with van der Waals surface area (Å²) in [4.78, 5) is 10.6. The topological polar surface area (TPSA) is 57.8 Å². The van der Waals surface area contributed by atoms with E-state index in [1.807, 2.05) is 30.3 Å². The summed E-state index contributed by atoms with van der Waals surface area (Å²) in [6, 6.07) is 9.76. The number of H-pyrrole nitrogens is 1. The summed E-state index contributed by atoms with van der Waals surface area (Å²) >= 11 is 0. The van der Waals surface area contributed by atoms with E-state index in [-0.39, 0.29) is 5.91 Å². The van der Waals surface area contributed by atoms with Gasteiger partial charge in [-0.25, -0.2) is 0 Å². The van der Waals surface area contributed by atoms with Crippen molar-refractivity contribution >= 4 is 5.91 Å². The minimum absolute atomic E-state index is 0.0705. The van der Waals surface area contributed by atoms with Gasteiger partial charge < -0.3 is 5.32 Å². The van der Waals surface area contributed by atoms with Gasteiger partial charge in [-0.05, 0) is 23.8 Å². The Bertz CT molecular complexity index is 574. The van der Waals surface area contributed by atoms with Crippen molar-refractivity contribution in [2.45, 2.75) is 6.92 Å². The van der Waals surface area contributed by atoms with Crippen molar-refractivity contribution in [1.82, 2.24) is 15.5 Å². The molecule has 2 N–H and O–H groups in total. The van der Waals surface area contributed by atoms with Crippen LogP contribution in [0.2, 0.25) is 0 Å². The molecular weight excluding hydrogens is 226 g/mol. The van der Waals surface area contributed by atoms with E-state index < -0.39 is 0 Å². The van der Waals surface area contributed by atoms with E-state index in [4.69, 9.17) is 0 Å². The van der Waals surface area contributed by atoms with Crippen LogP contribution in [0, 0.1) is 11.8 Å². The number of rotatable bonds is 2. The van der Waals surface area contributed by atoms with Gasteiger partial charge in [0.15, 0.2) is 0 Å². The second kappa shape index (κ2) is 5.69. The Hall–Kier alpha value is -2.54. The highest BCUT2D eigenvalue weighted by Gasteiger charge is 1.97. The lowest BCUT2D eigenvalue weighted by molar-refractivity contribution is -0.118. The molecule has 1 amide bonds. The van der Waals surface area contributed by atoms with Crippen LogP contribution in [0.4, 0.5) is 0 Å². The van der Waals surface area contributed by atoms with Gasteiger partial charge >= 0.3 is 0 Å². The summed E-state index contributed by atoms with van der Waals surface area (Å²) in [5.74, 6) is 5.80. The fourth-order valence-corrected chi connectivity index (χ4v) is 1.46. The van der Waals surface area contributed by atoms with E-state index in [0.717, 1.165) is 16.8 Å². The third-order valence-corrected chi connectivity index (χ3v) is 2.36. The van der Waals surface area contributed by atoms with Crippen molar-refractivity contribution in [3.63, 3.8) is 0 Å². The Morgan fingerprint density at radius 2 is 2.11 bits per heavy atom. The zero-order chi connectivity index (χ0) is 12.8. The maximum Gasteiger partial charge on any atom is 0.217 e. The van der Waals surface area contributed by atoms with E-state index in [9.17, 15) is 4.79 Å². The van der Waals surface area contributed by atoms with Crippen LogP contribution in [0.3, 0.4) is 0 Å². The molecule has 0 unspecified atom stereocenters. The number of nitrogens with zero attached hydrogens (tertiary/aromatic N) is 1. The normalized spacial score (nSPS) is 9.39. The second-order valence-corrected chi connectivity index (χ2v) is 3.76. The average Bonchev–Trinajstić information content (AvgIpc) is 2.89. The maximum absolute atomic E-state index is 10.6. The SMILES string of the molecule is CC(=O)NCC#Cc1ccc(-c2ccn[nH]2)cc1. The lowest BCUT2D eigenvalue weighted by Crippen LogP contribution is -2.19. The molecule has 1 heterocycles. The molecule has 1 aromatic carbocycles. The molecule has 0 fully saturated rings. The Balaban J connectivity index is 2.02. The van der Waals surface area contributed by atoms with Gasteiger partial charge in [0.05, 0.1) is 12.2 Å².